The highest BCUT2D eigenvalue weighted by Crippen LogP contribution is 2.25. The van der Waals surface area contributed by atoms with E-state index in [1.54, 1.807) is 4.90 Å². The molecule has 1 aromatic heterocycles. The Morgan fingerprint density at radius 1 is 1.30 bits per heavy atom. The van der Waals surface area contributed by atoms with Crippen LogP contribution in [0.1, 0.15) is 45.5 Å². The van der Waals surface area contributed by atoms with Gasteiger partial charge >= 0.3 is 6.09 Å². The van der Waals surface area contributed by atoms with Crippen molar-refractivity contribution >= 4 is 27.9 Å². The van der Waals surface area contributed by atoms with Crippen LogP contribution < -0.4 is 0 Å². The lowest BCUT2D eigenvalue weighted by molar-refractivity contribution is 0.0229. The van der Waals surface area contributed by atoms with Gasteiger partial charge in [-0.2, -0.15) is 0 Å². The topological polar surface area (TPSA) is 58.2 Å². The highest BCUT2D eigenvalue weighted by atomic mass is 16.6. The van der Waals surface area contributed by atoms with Crippen molar-refractivity contribution in [3.8, 4) is 12.3 Å². The van der Waals surface area contributed by atoms with Gasteiger partial charge in [-0.25, -0.2) is 9.78 Å². The van der Waals surface area contributed by atoms with Gasteiger partial charge in [-0.05, 0) is 50.8 Å². The summed E-state index contributed by atoms with van der Waals surface area (Å²) in [6, 6.07) is 9.91. The molecule has 0 aliphatic carbocycles. The van der Waals surface area contributed by atoms with E-state index in [9.17, 15) is 4.79 Å². The maximum atomic E-state index is 12.5. The Labute approximate surface area is 159 Å². The second-order valence-electron chi connectivity index (χ2n) is 7.63. The fraction of sp³-hybridized carbons (Fsp3) is 0.364. The Kier molecular flexibility index (Phi) is 5.09. The van der Waals surface area contributed by atoms with Crippen LogP contribution in [0.3, 0.4) is 0 Å². The summed E-state index contributed by atoms with van der Waals surface area (Å²) in [4.78, 5) is 22.2. The number of benzene rings is 2. The van der Waals surface area contributed by atoms with Crippen molar-refractivity contribution < 1.29 is 9.53 Å². The number of hydrogen-bond donors (Lipinski definition) is 1. The lowest BCUT2D eigenvalue weighted by Crippen LogP contribution is -2.37. The van der Waals surface area contributed by atoms with E-state index in [4.69, 9.17) is 16.1 Å². The zero-order valence-corrected chi connectivity index (χ0v) is 16.3. The molecule has 0 radical (unpaired) electrons. The number of amides is 1. The van der Waals surface area contributed by atoms with Gasteiger partial charge in [0, 0.05) is 17.5 Å². The van der Waals surface area contributed by atoms with Crippen molar-refractivity contribution in [1.82, 2.24) is 14.9 Å². The van der Waals surface area contributed by atoms with Gasteiger partial charge < -0.3 is 14.6 Å². The van der Waals surface area contributed by atoms with Crippen LogP contribution in [0.2, 0.25) is 0 Å². The first-order chi connectivity index (χ1) is 12.8. The standard InChI is InChI=1S/C22H25N3O2/c1-6-12-25(21(26)27-22(3,4)5)14-19-23-18-11-9-16-13-15(7-2)8-10-17(16)20(18)24-19/h2,8-11,13H,6,12,14H2,1,3-5H3,(H,23,24). The molecule has 1 N–H and O–H groups in total. The predicted molar refractivity (Wildman–Crippen MR) is 108 cm³/mol. The molecule has 3 rings (SSSR count). The molecule has 0 bridgehead atoms. The zero-order chi connectivity index (χ0) is 19.6. The number of aromatic nitrogens is 2. The molecule has 0 saturated heterocycles. The minimum absolute atomic E-state index is 0.326. The zero-order valence-electron chi connectivity index (χ0n) is 16.3. The van der Waals surface area contributed by atoms with Crippen LogP contribution in [0.15, 0.2) is 30.3 Å². The normalized spacial score (nSPS) is 11.5. The summed E-state index contributed by atoms with van der Waals surface area (Å²) in [5, 5.41) is 2.09. The quantitative estimate of drug-likeness (QED) is 0.675. The van der Waals surface area contributed by atoms with Crippen LogP contribution in [0.4, 0.5) is 4.79 Å². The van der Waals surface area contributed by atoms with Crippen LogP contribution >= 0.6 is 0 Å². The molecule has 2 aromatic carbocycles. The Hall–Kier alpha value is -3.00. The first-order valence-electron chi connectivity index (χ1n) is 9.16. The fourth-order valence-electron chi connectivity index (χ4n) is 3.03. The summed E-state index contributed by atoms with van der Waals surface area (Å²) in [5.41, 5.74) is 2.14. The molecule has 0 atom stereocenters. The van der Waals surface area contributed by atoms with Crippen molar-refractivity contribution in [2.75, 3.05) is 6.54 Å². The molecule has 5 nitrogen and oxygen atoms in total. The summed E-state index contributed by atoms with van der Waals surface area (Å²) in [6.45, 7) is 8.62. The summed E-state index contributed by atoms with van der Waals surface area (Å²) in [5.74, 6) is 3.39. The number of ether oxygens (including phenoxy) is 1. The third-order valence-corrected chi connectivity index (χ3v) is 4.17. The molecular formula is C22H25N3O2. The molecule has 1 heterocycles. The molecule has 1 amide bonds. The number of nitrogens with one attached hydrogen (secondary N) is 1. The van der Waals surface area contributed by atoms with Gasteiger partial charge in [0.25, 0.3) is 0 Å². The molecule has 0 aliphatic rings. The maximum Gasteiger partial charge on any atom is 0.410 e. The second kappa shape index (κ2) is 7.32. The first kappa shape index (κ1) is 18.8. The molecule has 0 unspecified atom stereocenters. The number of aromatic amines is 1. The Morgan fingerprint density at radius 2 is 2.07 bits per heavy atom. The minimum Gasteiger partial charge on any atom is -0.444 e. The predicted octanol–water partition coefficient (Wildman–Crippen LogP) is 4.84. The van der Waals surface area contributed by atoms with Crippen molar-refractivity contribution in [3.05, 3.63) is 41.7 Å². The fourth-order valence-corrected chi connectivity index (χ4v) is 3.03. The maximum absolute atomic E-state index is 12.5. The van der Waals surface area contributed by atoms with Gasteiger partial charge in [-0.3, -0.25) is 0 Å². The number of imidazole rings is 1. The van der Waals surface area contributed by atoms with E-state index in [0.717, 1.165) is 39.6 Å². The van der Waals surface area contributed by atoms with Crippen molar-refractivity contribution in [2.24, 2.45) is 0 Å². The van der Waals surface area contributed by atoms with Crippen molar-refractivity contribution in [3.63, 3.8) is 0 Å². The van der Waals surface area contributed by atoms with Crippen LogP contribution in [-0.2, 0) is 11.3 Å². The Balaban J connectivity index is 1.92. The van der Waals surface area contributed by atoms with E-state index in [1.807, 2.05) is 58.0 Å². The van der Waals surface area contributed by atoms with Gasteiger partial charge in [0.15, 0.2) is 0 Å². The molecule has 0 aliphatic heterocycles. The number of rotatable bonds is 4. The molecule has 5 heteroatoms. The molecular weight excluding hydrogens is 338 g/mol. The van der Waals surface area contributed by atoms with E-state index >= 15 is 0 Å². The van der Waals surface area contributed by atoms with Crippen molar-refractivity contribution in [1.29, 1.82) is 0 Å². The number of carbonyl (C=O) groups is 1. The first-order valence-corrected chi connectivity index (χ1v) is 9.16. The van der Waals surface area contributed by atoms with E-state index in [0.29, 0.717) is 13.1 Å². The molecule has 0 saturated carbocycles. The Bertz CT molecular complexity index is 1020. The number of hydrogen-bond acceptors (Lipinski definition) is 3. The SMILES string of the molecule is C#Cc1ccc2c(ccc3[nH]c(CN(CCC)C(=O)OC(C)(C)C)nc32)c1. The molecule has 140 valence electrons. The van der Waals surface area contributed by atoms with Gasteiger partial charge in [0.05, 0.1) is 17.6 Å². The lowest BCUT2D eigenvalue weighted by Gasteiger charge is -2.26. The van der Waals surface area contributed by atoms with Gasteiger partial charge in [-0.1, -0.05) is 25.0 Å². The van der Waals surface area contributed by atoms with Crippen LogP contribution in [0.5, 0.6) is 0 Å². The van der Waals surface area contributed by atoms with Crippen LogP contribution in [0, 0.1) is 12.3 Å². The number of terminal acetylenes is 1. The number of carbonyl (C=O) groups excluding carboxylic acids is 1. The smallest absolute Gasteiger partial charge is 0.410 e. The summed E-state index contributed by atoms with van der Waals surface area (Å²) < 4.78 is 5.52. The summed E-state index contributed by atoms with van der Waals surface area (Å²) in [7, 11) is 0. The highest BCUT2D eigenvalue weighted by Gasteiger charge is 2.22. The number of nitrogens with zero attached hydrogens (tertiary/aromatic N) is 2. The average Bonchev–Trinajstić information content (AvgIpc) is 3.02. The molecule has 0 fully saturated rings. The van der Waals surface area contributed by atoms with Gasteiger partial charge in [0.1, 0.15) is 11.4 Å². The van der Waals surface area contributed by atoms with Gasteiger partial charge in [0.2, 0.25) is 0 Å². The number of H-pyrrole nitrogens is 1. The minimum atomic E-state index is -0.526. The third kappa shape index (κ3) is 4.22. The average molecular weight is 363 g/mol. The highest BCUT2D eigenvalue weighted by molar-refractivity contribution is 6.04. The lowest BCUT2D eigenvalue weighted by atomic mass is 10.1. The number of fused-ring (bicyclic) bond motifs is 3. The third-order valence-electron chi connectivity index (χ3n) is 4.17. The summed E-state index contributed by atoms with van der Waals surface area (Å²) in [6.07, 6.45) is 6.01. The Morgan fingerprint density at radius 3 is 2.74 bits per heavy atom. The van der Waals surface area contributed by atoms with E-state index < -0.39 is 5.60 Å². The van der Waals surface area contributed by atoms with Crippen LogP contribution in [0.25, 0.3) is 21.8 Å². The van der Waals surface area contributed by atoms with E-state index in [-0.39, 0.29) is 6.09 Å². The van der Waals surface area contributed by atoms with E-state index in [1.165, 1.54) is 0 Å². The molecule has 0 spiro atoms. The van der Waals surface area contributed by atoms with E-state index in [2.05, 4.69) is 10.9 Å². The largest absolute Gasteiger partial charge is 0.444 e. The summed E-state index contributed by atoms with van der Waals surface area (Å²) >= 11 is 0. The monoisotopic (exact) mass is 363 g/mol. The van der Waals surface area contributed by atoms with Gasteiger partial charge in [-0.15, -0.1) is 6.42 Å². The second-order valence-corrected chi connectivity index (χ2v) is 7.63. The molecule has 27 heavy (non-hydrogen) atoms. The van der Waals surface area contributed by atoms with Crippen LogP contribution in [-0.4, -0.2) is 33.1 Å². The van der Waals surface area contributed by atoms with Crippen molar-refractivity contribution in [2.45, 2.75) is 46.3 Å². The molecule has 3 aromatic rings.